The van der Waals surface area contributed by atoms with E-state index in [-0.39, 0.29) is 0 Å². The number of hydrogen-bond acceptors (Lipinski definition) is 5. The Morgan fingerprint density at radius 3 is 2.19 bits per heavy atom. The first-order valence-electron chi connectivity index (χ1n) is 7.37. The number of hydrogen-bond donors (Lipinski definition) is 0. The van der Waals surface area contributed by atoms with Crippen LogP contribution in [0.5, 0.6) is 11.5 Å². The van der Waals surface area contributed by atoms with Gasteiger partial charge in [-0.1, -0.05) is 4.78 Å². The highest BCUT2D eigenvalue weighted by Gasteiger charge is 2.20. The molecule has 0 aromatic heterocycles. The number of hydrazone groups is 1. The largest absolute Gasteiger partial charge is 0.540 e. The highest BCUT2D eigenvalue weighted by atomic mass is 32.4. The first-order chi connectivity index (χ1) is 12.6. The average molecular weight is 387 g/mol. The summed E-state index contributed by atoms with van der Waals surface area (Å²) in [6.07, 6.45) is 3.16. The minimum Gasteiger partial charge on any atom is -0.497 e. The summed E-state index contributed by atoms with van der Waals surface area (Å²) in [5.74, 6) is 1.41. The molecular weight excluding hydrogens is 371 g/mol. The molecule has 0 spiro atoms. The lowest BCUT2D eigenvalue weighted by Gasteiger charge is -2.02. The second kappa shape index (κ2) is 10.1. The smallest absolute Gasteiger partial charge is 0.497 e. The summed E-state index contributed by atoms with van der Waals surface area (Å²) in [6, 6.07) is 14.6. The van der Waals surface area contributed by atoms with E-state index in [1.807, 2.05) is 24.3 Å². The van der Waals surface area contributed by atoms with Crippen LogP contribution in [0.25, 0.3) is 10.4 Å². The molecule has 0 aliphatic carbocycles. The molecule has 2 aromatic carbocycles. The molecule has 0 amide bonds. The fraction of sp³-hybridized carbons (Fsp3) is 0.125. The molecule has 2 aromatic rings. The van der Waals surface area contributed by atoms with Crippen molar-refractivity contribution in [2.24, 2.45) is 15.4 Å². The number of azide groups is 1. The zero-order valence-corrected chi connectivity index (χ0v) is 15.8. The SMILES string of the molecule is COc1ccc(/C=N/N(C)[P+](=S)Oc2ccc(C=NN=[N+]=[N-])cc2)cc1. The van der Waals surface area contributed by atoms with Crippen molar-refractivity contribution in [3.63, 3.8) is 0 Å². The molecule has 0 aliphatic rings. The number of rotatable bonds is 8. The Balaban J connectivity index is 1.93. The monoisotopic (exact) mass is 387 g/mol. The standard InChI is InChI=1S/C16H16N6O2PS/c1-22(19-12-14-3-7-15(23-2)8-4-14)25(26)24-16-9-5-13(6-10-16)11-18-21-20-17/h3-12H,1-2H3/q+1/b18-11?,19-12+. The predicted octanol–water partition coefficient (Wildman–Crippen LogP) is 4.46. The minimum atomic E-state index is -1.35. The maximum absolute atomic E-state index is 8.17. The Bertz CT molecular complexity index is 848. The van der Waals surface area contributed by atoms with Crippen molar-refractivity contribution in [1.29, 1.82) is 0 Å². The maximum atomic E-state index is 8.17. The Morgan fingerprint density at radius 1 is 1.04 bits per heavy atom. The highest BCUT2D eigenvalue weighted by Crippen LogP contribution is 2.30. The van der Waals surface area contributed by atoms with Crippen LogP contribution in [0.3, 0.4) is 0 Å². The summed E-state index contributed by atoms with van der Waals surface area (Å²) in [4.78, 5) is 2.54. The molecule has 0 heterocycles. The van der Waals surface area contributed by atoms with Gasteiger partial charge in [-0.25, -0.2) is 0 Å². The summed E-state index contributed by atoms with van der Waals surface area (Å²) in [6.45, 7) is 0. The van der Waals surface area contributed by atoms with E-state index in [1.165, 1.54) is 6.21 Å². The van der Waals surface area contributed by atoms with Gasteiger partial charge >= 0.3 is 7.07 Å². The third kappa shape index (κ3) is 6.14. The fourth-order valence-electron chi connectivity index (χ4n) is 1.76. The summed E-state index contributed by atoms with van der Waals surface area (Å²) < 4.78 is 12.4. The third-order valence-corrected chi connectivity index (χ3v) is 4.96. The highest BCUT2D eigenvalue weighted by molar-refractivity contribution is 8.02. The molecule has 2 rings (SSSR count). The summed E-state index contributed by atoms with van der Waals surface area (Å²) in [5, 5.41) is 10.9. The maximum Gasteiger partial charge on any atom is 0.540 e. The van der Waals surface area contributed by atoms with E-state index < -0.39 is 7.07 Å². The van der Waals surface area contributed by atoms with Crippen LogP contribution in [0.2, 0.25) is 0 Å². The molecule has 0 saturated heterocycles. The molecular formula is C16H16N6O2PS+. The molecule has 0 fully saturated rings. The summed E-state index contributed by atoms with van der Waals surface area (Å²) in [5.41, 5.74) is 9.89. The van der Waals surface area contributed by atoms with E-state index in [0.29, 0.717) is 5.75 Å². The third-order valence-electron chi connectivity index (χ3n) is 3.09. The molecule has 0 radical (unpaired) electrons. The zero-order chi connectivity index (χ0) is 18.8. The number of nitrogens with zero attached hydrogens (tertiary/aromatic N) is 6. The molecule has 26 heavy (non-hydrogen) atoms. The van der Waals surface area contributed by atoms with Gasteiger partial charge in [0, 0.05) is 10.8 Å². The zero-order valence-electron chi connectivity index (χ0n) is 14.1. The molecule has 132 valence electrons. The quantitative estimate of drug-likeness (QED) is 0.167. The van der Waals surface area contributed by atoms with Crippen molar-refractivity contribution in [2.75, 3.05) is 14.2 Å². The van der Waals surface area contributed by atoms with E-state index >= 15 is 0 Å². The van der Waals surface area contributed by atoms with Crippen LogP contribution < -0.4 is 9.26 Å². The first kappa shape index (κ1) is 19.3. The second-order valence-corrected chi connectivity index (χ2v) is 7.00. The van der Waals surface area contributed by atoms with Crippen molar-refractivity contribution in [3.05, 3.63) is 70.1 Å². The van der Waals surface area contributed by atoms with Gasteiger partial charge in [0.25, 0.3) is 0 Å². The minimum absolute atomic E-state index is 0.624. The Labute approximate surface area is 156 Å². The molecule has 0 saturated carbocycles. The molecule has 0 N–H and O–H groups in total. The number of ether oxygens (including phenoxy) is 1. The lowest BCUT2D eigenvalue weighted by Crippen LogP contribution is -2.03. The van der Waals surface area contributed by atoms with E-state index in [0.717, 1.165) is 16.9 Å². The van der Waals surface area contributed by atoms with E-state index in [2.05, 4.69) is 20.3 Å². The lowest BCUT2D eigenvalue weighted by molar-refractivity contribution is 0.415. The molecule has 0 aliphatic heterocycles. The van der Waals surface area contributed by atoms with Crippen molar-refractivity contribution in [1.82, 2.24) is 4.78 Å². The predicted molar refractivity (Wildman–Crippen MR) is 106 cm³/mol. The van der Waals surface area contributed by atoms with E-state index in [9.17, 15) is 0 Å². The van der Waals surface area contributed by atoms with Crippen LogP contribution in [-0.4, -0.2) is 31.4 Å². The molecule has 8 nitrogen and oxygen atoms in total. The van der Waals surface area contributed by atoms with Gasteiger partial charge in [0.05, 0.1) is 20.4 Å². The number of benzene rings is 2. The molecule has 1 atom stereocenters. The van der Waals surface area contributed by atoms with Gasteiger partial charge < -0.3 is 4.74 Å². The molecule has 1 unspecified atom stereocenters. The van der Waals surface area contributed by atoms with Gasteiger partial charge in [0.1, 0.15) is 5.75 Å². The van der Waals surface area contributed by atoms with Gasteiger partial charge in [-0.3, -0.25) is 4.52 Å². The van der Waals surface area contributed by atoms with Crippen molar-refractivity contribution >= 4 is 31.3 Å². The van der Waals surface area contributed by atoms with Crippen LogP contribution in [0.4, 0.5) is 0 Å². The molecule has 0 bridgehead atoms. The fourth-order valence-corrected chi connectivity index (χ4v) is 2.70. The van der Waals surface area contributed by atoms with Crippen LogP contribution in [-0.2, 0) is 11.8 Å². The second-order valence-electron chi connectivity index (χ2n) is 4.83. The van der Waals surface area contributed by atoms with Gasteiger partial charge in [-0.15, -0.1) is 10.6 Å². The van der Waals surface area contributed by atoms with Crippen molar-refractivity contribution in [2.45, 2.75) is 0 Å². The van der Waals surface area contributed by atoms with Crippen molar-refractivity contribution in [3.8, 4) is 11.5 Å². The lowest BCUT2D eigenvalue weighted by atomic mass is 10.2. The van der Waals surface area contributed by atoms with Crippen LogP contribution >= 0.6 is 7.07 Å². The molecule has 10 heteroatoms. The Hall–Kier alpha value is -2.99. The van der Waals surface area contributed by atoms with Gasteiger partial charge in [-0.05, 0) is 59.2 Å². The van der Waals surface area contributed by atoms with E-state index in [4.69, 9.17) is 26.6 Å². The van der Waals surface area contributed by atoms with Gasteiger partial charge in [-0.2, -0.15) is 4.91 Å². The summed E-state index contributed by atoms with van der Waals surface area (Å²) >= 11 is 5.37. The topological polar surface area (TPSA) is 95.2 Å². The van der Waals surface area contributed by atoms with Crippen molar-refractivity contribution < 1.29 is 9.26 Å². The van der Waals surface area contributed by atoms with Crippen LogP contribution in [0.15, 0.2) is 64.0 Å². The summed E-state index contributed by atoms with van der Waals surface area (Å²) in [7, 11) is 2.03. The number of methoxy groups -OCH3 is 1. The normalized spacial score (nSPS) is 11.2. The first-order valence-corrected chi connectivity index (χ1v) is 9.59. The van der Waals surface area contributed by atoms with Gasteiger partial charge in [0.15, 0.2) is 12.0 Å². The Morgan fingerprint density at radius 2 is 1.62 bits per heavy atom. The average Bonchev–Trinajstić information content (AvgIpc) is 2.68. The van der Waals surface area contributed by atoms with Crippen LogP contribution in [0.1, 0.15) is 11.1 Å². The van der Waals surface area contributed by atoms with Gasteiger partial charge in [0.2, 0.25) is 11.8 Å². The Kier molecular flexibility index (Phi) is 7.51. The van der Waals surface area contributed by atoms with Crippen LogP contribution in [0, 0.1) is 0 Å². The van der Waals surface area contributed by atoms with E-state index in [1.54, 1.807) is 49.4 Å².